The van der Waals surface area contributed by atoms with Crippen LogP contribution in [0.2, 0.25) is 0 Å². The molecule has 0 amide bonds. The fourth-order valence-electron chi connectivity index (χ4n) is 1.49. The van der Waals surface area contributed by atoms with E-state index in [1.165, 1.54) is 17.8 Å². The minimum atomic E-state index is 0.352. The fourth-order valence-corrected chi connectivity index (χ4v) is 2.47. The van der Waals surface area contributed by atoms with Crippen molar-refractivity contribution in [1.82, 2.24) is 15.5 Å². The first-order valence-corrected chi connectivity index (χ1v) is 6.17. The van der Waals surface area contributed by atoms with E-state index >= 15 is 0 Å². The lowest BCUT2D eigenvalue weighted by molar-refractivity contribution is 0.589. The molecule has 14 heavy (non-hydrogen) atoms. The molecule has 78 valence electrons. The van der Waals surface area contributed by atoms with Crippen LogP contribution in [0.3, 0.4) is 0 Å². The summed E-state index contributed by atoms with van der Waals surface area (Å²) in [5.41, 5.74) is 0. The van der Waals surface area contributed by atoms with Crippen LogP contribution in [0.4, 0.5) is 0 Å². The van der Waals surface area contributed by atoms with Crippen LogP contribution in [0.25, 0.3) is 0 Å². The smallest absolute Gasteiger partial charge is 0.134 e. The second-order valence-electron chi connectivity index (χ2n) is 3.96. The monoisotopic (exact) mass is 211 g/mol. The van der Waals surface area contributed by atoms with E-state index in [0.717, 1.165) is 23.9 Å². The number of hydrogen-bond acceptors (Lipinski definition) is 4. The maximum absolute atomic E-state index is 4.23. The second kappa shape index (κ2) is 4.36. The van der Waals surface area contributed by atoms with Crippen LogP contribution < -0.4 is 5.32 Å². The SMILES string of the molecule is CCNC(C)c1nnc(CC2CC2)s1. The van der Waals surface area contributed by atoms with Gasteiger partial charge in [-0.05, 0) is 32.2 Å². The summed E-state index contributed by atoms with van der Waals surface area (Å²) in [5.74, 6) is 0.908. The number of nitrogens with zero attached hydrogens (tertiary/aromatic N) is 2. The summed E-state index contributed by atoms with van der Waals surface area (Å²) in [6.45, 7) is 5.24. The van der Waals surface area contributed by atoms with Crippen molar-refractivity contribution in [2.45, 2.75) is 39.2 Å². The van der Waals surface area contributed by atoms with E-state index in [2.05, 4.69) is 29.4 Å². The Kier molecular flexibility index (Phi) is 3.13. The lowest BCUT2D eigenvalue weighted by atomic mass is 10.3. The van der Waals surface area contributed by atoms with Crippen molar-refractivity contribution in [2.75, 3.05) is 6.54 Å². The average Bonchev–Trinajstić information content (AvgIpc) is 2.82. The minimum absolute atomic E-state index is 0.352. The standard InChI is InChI=1S/C10H17N3S/c1-3-11-7(2)10-13-12-9(14-10)6-8-4-5-8/h7-8,11H,3-6H2,1-2H3. The molecule has 2 rings (SSSR count). The Morgan fingerprint density at radius 3 is 2.93 bits per heavy atom. The highest BCUT2D eigenvalue weighted by atomic mass is 32.1. The van der Waals surface area contributed by atoms with Gasteiger partial charge in [-0.1, -0.05) is 18.3 Å². The normalized spacial score (nSPS) is 18.4. The fraction of sp³-hybridized carbons (Fsp3) is 0.800. The van der Waals surface area contributed by atoms with Gasteiger partial charge in [0.25, 0.3) is 0 Å². The van der Waals surface area contributed by atoms with Gasteiger partial charge in [0, 0.05) is 6.42 Å². The maximum Gasteiger partial charge on any atom is 0.134 e. The maximum atomic E-state index is 4.23. The third-order valence-corrected chi connectivity index (χ3v) is 3.65. The first-order valence-electron chi connectivity index (χ1n) is 5.35. The van der Waals surface area contributed by atoms with Crippen molar-refractivity contribution in [3.8, 4) is 0 Å². The molecule has 0 saturated heterocycles. The second-order valence-corrected chi connectivity index (χ2v) is 5.05. The molecule has 1 heterocycles. The van der Waals surface area contributed by atoms with Crippen LogP contribution in [0.5, 0.6) is 0 Å². The molecule has 4 heteroatoms. The third kappa shape index (κ3) is 2.51. The molecule has 0 spiro atoms. The van der Waals surface area contributed by atoms with Crippen molar-refractivity contribution >= 4 is 11.3 Å². The zero-order valence-electron chi connectivity index (χ0n) is 8.79. The molecule has 1 saturated carbocycles. The van der Waals surface area contributed by atoms with Gasteiger partial charge in [-0.3, -0.25) is 0 Å². The quantitative estimate of drug-likeness (QED) is 0.811. The third-order valence-electron chi connectivity index (χ3n) is 2.52. The van der Waals surface area contributed by atoms with Gasteiger partial charge >= 0.3 is 0 Å². The molecule has 1 aromatic heterocycles. The highest BCUT2D eigenvalue weighted by molar-refractivity contribution is 7.11. The Morgan fingerprint density at radius 1 is 1.50 bits per heavy atom. The van der Waals surface area contributed by atoms with E-state index in [-0.39, 0.29) is 0 Å². The molecule has 0 bridgehead atoms. The summed E-state index contributed by atoms with van der Waals surface area (Å²) in [6.07, 6.45) is 3.92. The zero-order chi connectivity index (χ0) is 9.97. The molecule has 1 fully saturated rings. The molecule has 3 nitrogen and oxygen atoms in total. The topological polar surface area (TPSA) is 37.8 Å². The van der Waals surface area contributed by atoms with Crippen LogP contribution in [-0.2, 0) is 6.42 Å². The first kappa shape index (κ1) is 10.1. The summed E-state index contributed by atoms with van der Waals surface area (Å²) in [5, 5.41) is 14.1. The van der Waals surface area contributed by atoms with Gasteiger partial charge in [-0.2, -0.15) is 0 Å². The van der Waals surface area contributed by atoms with Gasteiger partial charge in [-0.25, -0.2) is 0 Å². The summed E-state index contributed by atoms with van der Waals surface area (Å²) >= 11 is 1.76. The van der Waals surface area contributed by atoms with Gasteiger partial charge in [0.15, 0.2) is 0 Å². The van der Waals surface area contributed by atoms with Crippen LogP contribution in [-0.4, -0.2) is 16.7 Å². The van der Waals surface area contributed by atoms with Crippen LogP contribution in [0.15, 0.2) is 0 Å². The van der Waals surface area contributed by atoms with Gasteiger partial charge in [0.1, 0.15) is 10.0 Å². The van der Waals surface area contributed by atoms with Gasteiger partial charge in [-0.15, -0.1) is 10.2 Å². The van der Waals surface area contributed by atoms with E-state index in [9.17, 15) is 0 Å². The van der Waals surface area contributed by atoms with Crippen molar-refractivity contribution in [1.29, 1.82) is 0 Å². The van der Waals surface area contributed by atoms with E-state index in [4.69, 9.17) is 0 Å². The van der Waals surface area contributed by atoms with E-state index in [0.29, 0.717) is 6.04 Å². The van der Waals surface area contributed by atoms with E-state index in [1.54, 1.807) is 11.3 Å². The molecule has 0 radical (unpaired) electrons. The van der Waals surface area contributed by atoms with Crippen molar-refractivity contribution < 1.29 is 0 Å². The molecular formula is C10H17N3S. The predicted molar refractivity (Wildman–Crippen MR) is 58.4 cm³/mol. The van der Waals surface area contributed by atoms with Crippen molar-refractivity contribution in [3.05, 3.63) is 10.0 Å². The Morgan fingerprint density at radius 2 is 2.29 bits per heavy atom. The number of hydrogen-bond donors (Lipinski definition) is 1. The molecule has 1 aliphatic carbocycles. The highest BCUT2D eigenvalue weighted by Gasteiger charge is 2.23. The highest BCUT2D eigenvalue weighted by Crippen LogP contribution is 2.33. The summed E-state index contributed by atoms with van der Waals surface area (Å²) in [7, 11) is 0. The predicted octanol–water partition coefficient (Wildman–Crippen LogP) is 2.16. The van der Waals surface area contributed by atoms with Crippen molar-refractivity contribution in [3.63, 3.8) is 0 Å². The Bertz CT molecular complexity index is 293. The molecule has 0 aromatic carbocycles. The lowest BCUT2D eigenvalue weighted by Gasteiger charge is -2.06. The Labute approximate surface area is 88.9 Å². The lowest BCUT2D eigenvalue weighted by Crippen LogP contribution is -2.17. The molecule has 1 unspecified atom stereocenters. The van der Waals surface area contributed by atoms with Gasteiger partial charge < -0.3 is 5.32 Å². The summed E-state index contributed by atoms with van der Waals surface area (Å²) in [4.78, 5) is 0. The Balaban J connectivity index is 1.93. The summed E-state index contributed by atoms with van der Waals surface area (Å²) in [6, 6.07) is 0.352. The number of rotatable bonds is 5. The molecule has 1 aliphatic rings. The largest absolute Gasteiger partial charge is 0.308 e. The Hall–Kier alpha value is -0.480. The number of aromatic nitrogens is 2. The molecule has 0 aliphatic heterocycles. The van der Waals surface area contributed by atoms with E-state index in [1.807, 2.05) is 0 Å². The molecular weight excluding hydrogens is 194 g/mol. The van der Waals surface area contributed by atoms with Gasteiger partial charge in [0.2, 0.25) is 0 Å². The minimum Gasteiger partial charge on any atom is -0.308 e. The molecule has 1 aromatic rings. The van der Waals surface area contributed by atoms with Crippen molar-refractivity contribution in [2.24, 2.45) is 5.92 Å². The number of nitrogens with one attached hydrogen (secondary N) is 1. The van der Waals surface area contributed by atoms with Gasteiger partial charge in [0.05, 0.1) is 6.04 Å². The molecule has 1 atom stereocenters. The first-order chi connectivity index (χ1) is 6.79. The average molecular weight is 211 g/mol. The van der Waals surface area contributed by atoms with Crippen LogP contribution in [0.1, 0.15) is 42.7 Å². The van der Waals surface area contributed by atoms with Crippen LogP contribution >= 0.6 is 11.3 Å². The van der Waals surface area contributed by atoms with Crippen LogP contribution in [0, 0.1) is 5.92 Å². The summed E-state index contributed by atoms with van der Waals surface area (Å²) < 4.78 is 0. The zero-order valence-corrected chi connectivity index (χ0v) is 9.60. The molecule has 1 N–H and O–H groups in total. The van der Waals surface area contributed by atoms with E-state index < -0.39 is 0 Å².